The number of alkyl halides is 3. The average molecular weight is 500 g/mol. The van der Waals surface area contributed by atoms with Crippen molar-refractivity contribution in [2.24, 2.45) is 0 Å². The van der Waals surface area contributed by atoms with Crippen molar-refractivity contribution in [3.05, 3.63) is 75.3 Å². The van der Waals surface area contributed by atoms with Gasteiger partial charge in [-0.05, 0) is 66.6 Å². The second-order valence-corrected chi connectivity index (χ2v) is 9.12. The zero-order valence-corrected chi connectivity index (χ0v) is 19.4. The first-order chi connectivity index (χ1) is 17.1. The smallest absolute Gasteiger partial charge is 0.439 e. The van der Waals surface area contributed by atoms with Gasteiger partial charge in [0.2, 0.25) is 0 Å². The van der Waals surface area contributed by atoms with Gasteiger partial charge in [0.15, 0.2) is 5.82 Å². The van der Waals surface area contributed by atoms with Crippen molar-refractivity contribution in [2.75, 3.05) is 6.61 Å². The molecule has 1 aromatic carbocycles. The maximum Gasteiger partial charge on any atom is 0.439 e. The summed E-state index contributed by atoms with van der Waals surface area (Å²) in [5, 5.41) is 6.84. The Kier molecular flexibility index (Phi) is 5.93. The molecule has 3 heterocycles. The Bertz CT molecular complexity index is 1390. The molecule has 0 radical (unpaired) electrons. The van der Waals surface area contributed by atoms with E-state index >= 15 is 0 Å². The highest BCUT2D eigenvalue weighted by Crippen LogP contribution is 2.48. The first-order valence-electron chi connectivity index (χ1n) is 11.5. The number of carbonyl (C=O) groups is 1. The molecule has 188 valence electrons. The van der Waals surface area contributed by atoms with Gasteiger partial charge in [0.05, 0.1) is 23.4 Å². The van der Waals surface area contributed by atoms with Crippen LogP contribution in [0.1, 0.15) is 53.9 Å². The minimum absolute atomic E-state index is 0.0329. The molecule has 36 heavy (non-hydrogen) atoms. The highest BCUT2D eigenvalue weighted by Gasteiger charge is 2.46. The first kappa shape index (κ1) is 23.8. The Labute approximate surface area is 203 Å². The van der Waals surface area contributed by atoms with E-state index in [1.54, 1.807) is 12.3 Å². The van der Waals surface area contributed by atoms with E-state index < -0.39 is 29.8 Å². The van der Waals surface area contributed by atoms with Crippen LogP contribution in [0.5, 0.6) is 5.75 Å². The number of aromatic amines is 1. The summed E-state index contributed by atoms with van der Waals surface area (Å²) in [6, 6.07) is 9.10. The number of aryl methyl sites for hydroxylation is 2. The van der Waals surface area contributed by atoms with Gasteiger partial charge in [-0.2, -0.15) is 13.2 Å². The molecule has 0 saturated heterocycles. The standard InChI is InChI=1S/C25H23F3N4O4/c1-14-3-6-19(29-13-14)17-12-24(31-22(33)20(17)21-30-23(34)36-32-21)9-7-15-11-16(4-5-18(15)24)35-10-2-8-25(26,27)28/h3-6,11,13H,2,7-10,12H2,1H3,(H,31,33)(H,30,32,34)/t24-/m0/s1. The van der Waals surface area contributed by atoms with E-state index in [4.69, 9.17) is 4.74 Å². The largest absolute Gasteiger partial charge is 0.494 e. The molecular formula is C25H23F3N4O4. The van der Waals surface area contributed by atoms with Crippen molar-refractivity contribution in [1.29, 1.82) is 0 Å². The third-order valence-electron chi connectivity index (χ3n) is 6.54. The Morgan fingerprint density at radius 3 is 2.72 bits per heavy atom. The van der Waals surface area contributed by atoms with Gasteiger partial charge in [0.1, 0.15) is 5.75 Å². The molecule has 1 aliphatic heterocycles. The van der Waals surface area contributed by atoms with E-state index in [-0.39, 0.29) is 24.4 Å². The molecule has 2 aromatic heterocycles. The Morgan fingerprint density at radius 1 is 1.19 bits per heavy atom. The quantitative estimate of drug-likeness (QED) is 0.494. The molecule has 0 fully saturated rings. The zero-order chi connectivity index (χ0) is 25.5. The molecular weight excluding hydrogens is 477 g/mol. The van der Waals surface area contributed by atoms with Crippen LogP contribution in [-0.4, -0.2) is 33.8 Å². The van der Waals surface area contributed by atoms with Crippen LogP contribution in [0.3, 0.4) is 0 Å². The molecule has 0 bridgehead atoms. The second-order valence-electron chi connectivity index (χ2n) is 9.12. The van der Waals surface area contributed by atoms with Crippen LogP contribution in [0.15, 0.2) is 45.8 Å². The molecule has 11 heteroatoms. The van der Waals surface area contributed by atoms with Gasteiger partial charge in [0.25, 0.3) is 5.91 Å². The van der Waals surface area contributed by atoms with Gasteiger partial charge >= 0.3 is 11.9 Å². The highest BCUT2D eigenvalue weighted by molar-refractivity contribution is 6.27. The molecule has 1 atom stereocenters. The molecule has 1 aliphatic carbocycles. The van der Waals surface area contributed by atoms with Gasteiger partial charge in [-0.25, -0.2) is 4.79 Å². The van der Waals surface area contributed by atoms with E-state index in [0.29, 0.717) is 36.3 Å². The number of halogens is 3. The predicted octanol–water partition coefficient (Wildman–Crippen LogP) is 4.06. The number of fused-ring (bicyclic) bond motifs is 2. The molecule has 0 saturated carbocycles. The fourth-order valence-corrected chi connectivity index (χ4v) is 4.90. The van der Waals surface area contributed by atoms with E-state index in [9.17, 15) is 22.8 Å². The Balaban J connectivity index is 1.46. The van der Waals surface area contributed by atoms with Crippen LogP contribution in [0.25, 0.3) is 11.1 Å². The number of nitrogens with one attached hydrogen (secondary N) is 2. The topological polar surface area (TPSA) is 110 Å². The number of benzene rings is 1. The number of pyridine rings is 1. The van der Waals surface area contributed by atoms with Crippen molar-refractivity contribution >= 4 is 17.1 Å². The van der Waals surface area contributed by atoms with Crippen LogP contribution >= 0.6 is 0 Å². The molecule has 3 aromatic rings. The third kappa shape index (κ3) is 4.65. The predicted molar refractivity (Wildman–Crippen MR) is 123 cm³/mol. The molecule has 5 rings (SSSR count). The average Bonchev–Trinajstić information content (AvgIpc) is 3.40. The summed E-state index contributed by atoms with van der Waals surface area (Å²) >= 11 is 0. The molecule has 2 N–H and O–H groups in total. The summed E-state index contributed by atoms with van der Waals surface area (Å²) in [6.45, 7) is 1.87. The lowest BCUT2D eigenvalue weighted by Gasteiger charge is -2.37. The van der Waals surface area contributed by atoms with Crippen LogP contribution in [0, 0.1) is 6.92 Å². The molecule has 1 amide bonds. The minimum atomic E-state index is -4.21. The summed E-state index contributed by atoms with van der Waals surface area (Å²) < 4.78 is 47.3. The SMILES string of the molecule is Cc1ccc(C2=C(c3noc(=O)[nH]3)C(=O)N[C@@]3(CCc4cc(OCCCC(F)(F)F)ccc43)C2)nc1. The molecule has 2 aliphatic rings. The first-order valence-corrected chi connectivity index (χ1v) is 11.5. The van der Waals surface area contributed by atoms with Crippen molar-refractivity contribution < 1.29 is 27.2 Å². The zero-order valence-electron chi connectivity index (χ0n) is 19.4. The fourth-order valence-electron chi connectivity index (χ4n) is 4.90. The van der Waals surface area contributed by atoms with Crippen LogP contribution in [-0.2, 0) is 16.8 Å². The highest BCUT2D eigenvalue weighted by atomic mass is 19.4. The lowest BCUT2D eigenvalue weighted by atomic mass is 9.78. The van der Waals surface area contributed by atoms with Crippen LogP contribution in [0.2, 0.25) is 0 Å². The lowest BCUT2D eigenvalue weighted by Crippen LogP contribution is -2.48. The van der Waals surface area contributed by atoms with E-state index in [1.807, 2.05) is 31.2 Å². The monoisotopic (exact) mass is 500 g/mol. The number of carbonyl (C=O) groups excluding carboxylic acids is 1. The number of amides is 1. The number of hydrogen-bond donors (Lipinski definition) is 2. The summed E-state index contributed by atoms with van der Waals surface area (Å²) in [5.74, 6) is -0.656. The third-order valence-corrected chi connectivity index (χ3v) is 6.54. The summed E-state index contributed by atoms with van der Waals surface area (Å²) in [7, 11) is 0. The number of H-pyrrole nitrogens is 1. The summed E-state index contributed by atoms with van der Waals surface area (Å²) in [4.78, 5) is 32.0. The number of rotatable bonds is 6. The van der Waals surface area contributed by atoms with Gasteiger partial charge in [-0.3, -0.25) is 19.3 Å². The van der Waals surface area contributed by atoms with E-state index in [1.165, 1.54) is 0 Å². The Morgan fingerprint density at radius 2 is 2.03 bits per heavy atom. The van der Waals surface area contributed by atoms with Gasteiger partial charge < -0.3 is 10.1 Å². The summed E-state index contributed by atoms with van der Waals surface area (Å²) in [6.07, 6.45) is -1.85. The number of nitrogens with zero attached hydrogens (tertiary/aromatic N) is 2. The van der Waals surface area contributed by atoms with Crippen molar-refractivity contribution in [1.82, 2.24) is 20.4 Å². The second kappa shape index (κ2) is 8.96. The lowest BCUT2D eigenvalue weighted by molar-refractivity contribution is -0.136. The van der Waals surface area contributed by atoms with E-state index in [0.717, 1.165) is 16.7 Å². The van der Waals surface area contributed by atoms with Crippen molar-refractivity contribution in [3.8, 4) is 5.75 Å². The minimum Gasteiger partial charge on any atom is -0.494 e. The normalized spacial score (nSPS) is 19.5. The fraction of sp³-hybridized carbons (Fsp3) is 0.360. The molecule has 8 nitrogen and oxygen atoms in total. The van der Waals surface area contributed by atoms with Crippen molar-refractivity contribution in [2.45, 2.75) is 50.7 Å². The van der Waals surface area contributed by atoms with Gasteiger partial charge in [-0.1, -0.05) is 17.3 Å². The summed E-state index contributed by atoms with van der Waals surface area (Å²) in [5.41, 5.74) is 3.53. The van der Waals surface area contributed by atoms with Crippen LogP contribution < -0.4 is 15.8 Å². The maximum absolute atomic E-state index is 13.4. The van der Waals surface area contributed by atoms with Crippen molar-refractivity contribution in [3.63, 3.8) is 0 Å². The maximum atomic E-state index is 13.4. The van der Waals surface area contributed by atoms with E-state index in [2.05, 4.69) is 25.0 Å². The number of aromatic nitrogens is 3. The molecule has 0 unspecified atom stereocenters. The molecule has 1 spiro atoms. The number of ether oxygens (including phenoxy) is 1. The van der Waals surface area contributed by atoms with Gasteiger partial charge in [-0.15, -0.1) is 0 Å². The van der Waals surface area contributed by atoms with Crippen LogP contribution in [0.4, 0.5) is 13.2 Å². The Hall–Kier alpha value is -3.89. The number of hydrogen-bond acceptors (Lipinski definition) is 6. The van der Waals surface area contributed by atoms with Gasteiger partial charge in [0, 0.05) is 19.0 Å².